The number of halogens is 1. The number of nitrogen functional groups attached to an aromatic ring is 2. The molecule has 0 aliphatic carbocycles. The molecule has 3 rings (SSSR count). The molecule has 140 valence electrons. The highest BCUT2D eigenvalue weighted by molar-refractivity contribution is 14.1. The minimum atomic E-state index is -0.330. The lowest BCUT2D eigenvalue weighted by molar-refractivity contribution is 0.00578. The maximum absolute atomic E-state index is 6.01. The number of hydrogen-bond acceptors (Lipinski definition) is 4. The summed E-state index contributed by atoms with van der Waals surface area (Å²) in [6.07, 6.45) is 0. The van der Waals surface area contributed by atoms with E-state index in [4.69, 9.17) is 20.8 Å². The Kier molecular flexibility index (Phi) is 6.30. The van der Waals surface area contributed by atoms with E-state index in [1.807, 2.05) is 43.3 Å². The van der Waals surface area contributed by atoms with Gasteiger partial charge in [-0.3, -0.25) is 0 Å². The summed E-state index contributed by atoms with van der Waals surface area (Å²) in [4.78, 5) is 0. The molecule has 6 heteroatoms. The monoisotopic (exact) mass is 466 g/mol. The van der Waals surface area contributed by atoms with Gasteiger partial charge in [0.05, 0.1) is 11.2 Å². The van der Waals surface area contributed by atoms with Crippen molar-refractivity contribution in [3.05, 3.63) is 51.1 Å². The first-order valence-electron chi connectivity index (χ1n) is 8.66. The molecular formula is C20H28BIN2O2. The molecule has 0 atom stereocenters. The first-order chi connectivity index (χ1) is 11.9. The van der Waals surface area contributed by atoms with Gasteiger partial charge < -0.3 is 20.8 Å². The van der Waals surface area contributed by atoms with E-state index in [-0.39, 0.29) is 18.3 Å². The van der Waals surface area contributed by atoms with Crippen molar-refractivity contribution in [2.24, 2.45) is 0 Å². The number of hydrogen-bond donors (Lipinski definition) is 2. The van der Waals surface area contributed by atoms with Crippen LogP contribution >= 0.6 is 22.6 Å². The fourth-order valence-electron chi connectivity index (χ4n) is 2.49. The quantitative estimate of drug-likeness (QED) is 0.378. The maximum atomic E-state index is 6.01. The van der Waals surface area contributed by atoms with Gasteiger partial charge in [0, 0.05) is 14.9 Å². The Morgan fingerprint density at radius 2 is 1.27 bits per heavy atom. The molecule has 0 amide bonds. The Hall–Kier alpha value is -1.25. The van der Waals surface area contributed by atoms with Gasteiger partial charge in [-0.1, -0.05) is 17.7 Å². The lowest BCUT2D eigenvalue weighted by atomic mass is 9.76. The molecule has 4 nitrogen and oxygen atoms in total. The summed E-state index contributed by atoms with van der Waals surface area (Å²) in [5.41, 5.74) is 15.7. The van der Waals surface area contributed by atoms with E-state index in [0.717, 1.165) is 22.4 Å². The second kappa shape index (κ2) is 7.78. The summed E-state index contributed by atoms with van der Waals surface area (Å²) in [6.45, 7) is 12.3. The van der Waals surface area contributed by atoms with Gasteiger partial charge in [0.15, 0.2) is 0 Å². The van der Waals surface area contributed by atoms with Gasteiger partial charge in [-0.15, -0.1) is 0 Å². The fourth-order valence-corrected chi connectivity index (χ4v) is 3.03. The summed E-state index contributed by atoms with van der Waals surface area (Å²) in [6, 6.07) is 11.7. The SMILES string of the molecule is Cc1ccc(N)cc1B1OC(C)(C)C(C)(C)O1.Cc1ccc(N)cc1I. The summed E-state index contributed by atoms with van der Waals surface area (Å²) in [5, 5.41) is 0. The molecule has 2 aromatic rings. The molecular weight excluding hydrogens is 438 g/mol. The molecule has 26 heavy (non-hydrogen) atoms. The highest BCUT2D eigenvalue weighted by atomic mass is 127. The second-order valence-corrected chi connectivity index (χ2v) is 8.88. The van der Waals surface area contributed by atoms with Gasteiger partial charge in [0.25, 0.3) is 0 Å². The first-order valence-corrected chi connectivity index (χ1v) is 9.74. The lowest BCUT2D eigenvalue weighted by Crippen LogP contribution is -2.41. The van der Waals surface area contributed by atoms with Crippen molar-refractivity contribution in [1.82, 2.24) is 0 Å². The lowest BCUT2D eigenvalue weighted by Gasteiger charge is -2.32. The number of nitrogens with two attached hydrogens (primary N) is 2. The minimum absolute atomic E-state index is 0.311. The van der Waals surface area contributed by atoms with E-state index in [1.165, 1.54) is 9.13 Å². The molecule has 0 radical (unpaired) electrons. The highest BCUT2D eigenvalue weighted by Gasteiger charge is 2.52. The molecule has 4 N–H and O–H groups in total. The largest absolute Gasteiger partial charge is 0.495 e. The molecule has 1 aliphatic rings. The Morgan fingerprint density at radius 3 is 1.73 bits per heavy atom. The average molecular weight is 466 g/mol. The molecule has 2 aromatic carbocycles. The van der Waals surface area contributed by atoms with Crippen molar-refractivity contribution in [3.8, 4) is 0 Å². The molecule has 0 bridgehead atoms. The molecule has 0 saturated carbocycles. The third-order valence-corrected chi connectivity index (χ3v) is 6.17. The van der Waals surface area contributed by atoms with Crippen LogP contribution in [0.1, 0.15) is 38.8 Å². The van der Waals surface area contributed by atoms with Gasteiger partial charge in [0.2, 0.25) is 0 Å². The topological polar surface area (TPSA) is 70.5 Å². The molecule has 1 heterocycles. The summed E-state index contributed by atoms with van der Waals surface area (Å²) >= 11 is 2.27. The van der Waals surface area contributed by atoms with Crippen molar-refractivity contribution in [3.63, 3.8) is 0 Å². The van der Waals surface area contributed by atoms with Crippen LogP contribution in [0.2, 0.25) is 0 Å². The molecule has 1 aliphatic heterocycles. The van der Waals surface area contributed by atoms with Crippen LogP contribution in [0.15, 0.2) is 36.4 Å². The standard InChI is InChI=1S/C13H20BNO2.C7H8IN/c1-9-6-7-10(15)8-11(9)14-16-12(2,3)13(4,5)17-14;1-5-2-3-6(9)4-7(5)8/h6-8H,15H2,1-5H3;2-4H,9H2,1H3. The van der Waals surface area contributed by atoms with Gasteiger partial charge in [-0.05, 0) is 99.4 Å². The zero-order chi connectivity index (χ0) is 19.7. The highest BCUT2D eigenvalue weighted by Crippen LogP contribution is 2.36. The summed E-state index contributed by atoms with van der Waals surface area (Å²) < 4.78 is 13.2. The van der Waals surface area contributed by atoms with Crippen LogP contribution in [0.25, 0.3) is 0 Å². The van der Waals surface area contributed by atoms with Crippen LogP contribution in [-0.2, 0) is 9.31 Å². The third-order valence-electron chi connectivity index (χ3n) is 5.01. The fraction of sp³-hybridized carbons (Fsp3) is 0.400. The predicted molar refractivity (Wildman–Crippen MR) is 120 cm³/mol. The molecule has 0 spiro atoms. The number of rotatable bonds is 1. The molecule has 1 saturated heterocycles. The van der Waals surface area contributed by atoms with Crippen LogP contribution in [0.5, 0.6) is 0 Å². The summed E-state index contributed by atoms with van der Waals surface area (Å²) in [7, 11) is -0.330. The van der Waals surface area contributed by atoms with E-state index in [0.29, 0.717) is 0 Å². The maximum Gasteiger partial charge on any atom is 0.495 e. The van der Waals surface area contributed by atoms with Crippen molar-refractivity contribution < 1.29 is 9.31 Å². The van der Waals surface area contributed by atoms with Crippen LogP contribution in [0.4, 0.5) is 11.4 Å². The third kappa shape index (κ3) is 4.72. The van der Waals surface area contributed by atoms with E-state index in [2.05, 4.69) is 57.2 Å². The minimum Gasteiger partial charge on any atom is -0.399 e. The Bertz CT molecular complexity index is 777. The Morgan fingerprint density at radius 1 is 0.808 bits per heavy atom. The molecule has 0 aromatic heterocycles. The van der Waals surface area contributed by atoms with Gasteiger partial charge in [-0.25, -0.2) is 0 Å². The van der Waals surface area contributed by atoms with Gasteiger partial charge >= 0.3 is 7.12 Å². The van der Waals surface area contributed by atoms with E-state index in [1.54, 1.807) is 0 Å². The number of benzene rings is 2. The molecule has 1 fully saturated rings. The second-order valence-electron chi connectivity index (χ2n) is 7.71. The van der Waals surface area contributed by atoms with E-state index >= 15 is 0 Å². The van der Waals surface area contributed by atoms with Crippen molar-refractivity contribution in [2.75, 3.05) is 11.5 Å². The van der Waals surface area contributed by atoms with Crippen molar-refractivity contribution in [1.29, 1.82) is 0 Å². The number of aryl methyl sites for hydroxylation is 2. The first kappa shape index (κ1) is 21.1. The van der Waals surface area contributed by atoms with Crippen LogP contribution in [0.3, 0.4) is 0 Å². The zero-order valence-corrected chi connectivity index (χ0v) is 18.5. The van der Waals surface area contributed by atoms with Crippen molar-refractivity contribution in [2.45, 2.75) is 52.7 Å². The van der Waals surface area contributed by atoms with Crippen LogP contribution in [0, 0.1) is 17.4 Å². The van der Waals surface area contributed by atoms with Crippen LogP contribution < -0.4 is 16.9 Å². The summed E-state index contributed by atoms with van der Waals surface area (Å²) in [5.74, 6) is 0. The van der Waals surface area contributed by atoms with E-state index < -0.39 is 0 Å². The Balaban J connectivity index is 0.000000228. The Labute approximate surface area is 170 Å². The number of anilines is 2. The van der Waals surface area contributed by atoms with E-state index in [9.17, 15) is 0 Å². The normalized spacial score (nSPS) is 17.6. The predicted octanol–water partition coefficient (Wildman–Crippen LogP) is 4.06. The van der Waals surface area contributed by atoms with Gasteiger partial charge in [-0.2, -0.15) is 0 Å². The zero-order valence-electron chi connectivity index (χ0n) is 16.4. The average Bonchev–Trinajstić information content (AvgIpc) is 2.74. The molecule has 0 unspecified atom stereocenters. The van der Waals surface area contributed by atoms with Crippen LogP contribution in [-0.4, -0.2) is 18.3 Å². The van der Waals surface area contributed by atoms with Gasteiger partial charge in [0.1, 0.15) is 0 Å². The smallest absolute Gasteiger partial charge is 0.399 e. The van der Waals surface area contributed by atoms with Crippen molar-refractivity contribution >= 4 is 46.5 Å².